The Morgan fingerprint density at radius 3 is 1.65 bits per heavy atom. The van der Waals surface area contributed by atoms with Gasteiger partial charge in [-0.05, 0) is 0 Å². The van der Waals surface area contributed by atoms with Crippen molar-refractivity contribution in [2.75, 3.05) is 0 Å². The molecule has 1 rings (SSSR count). The second-order valence-electron chi connectivity index (χ2n) is 9.10. The van der Waals surface area contributed by atoms with E-state index in [4.69, 9.17) is 0 Å². The molecule has 0 aliphatic rings. The molecule has 1 aromatic rings. The fourth-order valence-corrected chi connectivity index (χ4v) is 9.07. The fourth-order valence-electron chi connectivity index (χ4n) is 3.10. The van der Waals surface area contributed by atoms with Crippen LogP contribution in [-0.4, -0.2) is 18.4 Å². The van der Waals surface area contributed by atoms with Crippen LogP contribution in [0, 0.1) is 5.41 Å². The van der Waals surface area contributed by atoms with Crippen LogP contribution in [0.4, 0.5) is 0 Å². The summed E-state index contributed by atoms with van der Waals surface area (Å²) in [5, 5.41) is 0. The molecule has 0 heterocycles. The van der Waals surface area contributed by atoms with Gasteiger partial charge in [-0.1, -0.05) is 0 Å². The van der Waals surface area contributed by atoms with Crippen LogP contribution >= 0.6 is 0 Å². The van der Waals surface area contributed by atoms with E-state index in [2.05, 4.69) is 80.6 Å². The van der Waals surface area contributed by atoms with Crippen LogP contribution < -0.4 is 0 Å². The molecule has 0 bridgehead atoms. The Morgan fingerprint density at radius 1 is 0.900 bits per heavy atom. The van der Waals surface area contributed by atoms with Crippen LogP contribution in [0.3, 0.4) is 0 Å². The van der Waals surface area contributed by atoms with E-state index in [1.54, 1.807) is 5.56 Å². The predicted molar refractivity (Wildman–Crippen MR) is 95.3 cm³/mol. The molecule has 0 aromatic heterocycles. The van der Waals surface area contributed by atoms with Crippen molar-refractivity contribution in [2.24, 2.45) is 5.41 Å². The summed E-state index contributed by atoms with van der Waals surface area (Å²) in [6.45, 7) is 14.2. The maximum absolute atomic E-state index is 2.58. The Bertz CT molecular complexity index is 428. The van der Waals surface area contributed by atoms with E-state index in [0.717, 1.165) is 0 Å². The molecule has 0 nitrogen and oxygen atoms in total. The molecule has 0 fully saturated rings. The third-order valence-corrected chi connectivity index (χ3v) is 15.5. The van der Waals surface area contributed by atoms with Gasteiger partial charge in [0.15, 0.2) is 0 Å². The Labute approximate surface area is 131 Å². The Kier molecular flexibility index (Phi) is 5.44. The predicted octanol–water partition coefficient (Wildman–Crippen LogP) is 6.38. The molecule has 0 N–H and O–H groups in total. The molecular formula is C19H34Sn. The first-order valence-electron chi connectivity index (χ1n) is 7.97. The molecule has 0 aliphatic carbocycles. The van der Waals surface area contributed by atoms with Crippen LogP contribution in [0.5, 0.6) is 0 Å². The Hall–Kier alpha value is 0.0187. The SMILES string of the molecule is CC(C)c1ccc([C](C)(CC(C)(C)C)[Sn]([CH3])([CH3])[CH3])cc1. The van der Waals surface area contributed by atoms with E-state index in [1.165, 1.54) is 12.0 Å². The molecule has 0 saturated carbocycles. The number of hydrogen-bond donors (Lipinski definition) is 0. The first-order valence-corrected chi connectivity index (χ1v) is 18.0. The van der Waals surface area contributed by atoms with Crippen LogP contribution in [0.2, 0.25) is 14.8 Å². The van der Waals surface area contributed by atoms with Crippen LogP contribution in [0.1, 0.15) is 65.0 Å². The van der Waals surface area contributed by atoms with Gasteiger partial charge in [-0.2, -0.15) is 0 Å². The average molecular weight is 381 g/mol. The normalized spacial score (nSPS) is 16.3. The summed E-state index contributed by atoms with van der Waals surface area (Å²) in [4.78, 5) is 7.74. The second kappa shape index (κ2) is 6.02. The molecule has 0 amide bonds. The summed E-state index contributed by atoms with van der Waals surface area (Å²) in [6, 6.07) is 9.50. The summed E-state index contributed by atoms with van der Waals surface area (Å²) in [6.07, 6.45) is 1.29. The minimum absolute atomic E-state index is 0.385. The molecule has 20 heavy (non-hydrogen) atoms. The topological polar surface area (TPSA) is 0 Å². The van der Waals surface area contributed by atoms with Crippen molar-refractivity contribution in [2.45, 2.75) is 72.1 Å². The summed E-state index contributed by atoms with van der Waals surface area (Å²) in [5.41, 5.74) is 3.41. The molecule has 0 aliphatic heterocycles. The second-order valence-corrected chi connectivity index (χ2v) is 25.1. The van der Waals surface area contributed by atoms with Crippen molar-refractivity contribution in [3.8, 4) is 0 Å². The summed E-state index contributed by atoms with van der Waals surface area (Å²) in [5.74, 6) is 0.621. The maximum atomic E-state index is 2.58. The van der Waals surface area contributed by atoms with E-state index in [-0.39, 0.29) is 0 Å². The molecule has 0 radical (unpaired) electrons. The van der Waals surface area contributed by atoms with Crippen molar-refractivity contribution >= 4 is 18.4 Å². The van der Waals surface area contributed by atoms with Gasteiger partial charge in [0, 0.05) is 0 Å². The summed E-state index contributed by atoms with van der Waals surface area (Å²) >= 11 is -2.10. The zero-order chi connectivity index (χ0) is 15.8. The van der Waals surface area contributed by atoms with Gasteiger partial charge in [-0.3, -0.25) is 0 Å². The summed E-state index contributed by atoms with van der Waals surface area (Å²) < 4.78 is 0.405. The van der Waals surface area contributed by atoms with Crippen LogP contribution in [0.25, 0.3) is 0 Å². The van der Waals surface area contributed by atoms with Gasteiger partial charge in [0.1, 0.15) is 0 Å². The summed E-state index contributed by atoms with van der Waals surface area (Å²) in [7, 11) is 0. The number of hydrogen-bond acceptors (Lipinski definition) is 0. The van der Waals surface area contributed by atoms with Crippen molar-refractivity contribution in [1.29, 1.82) is 0 Å². The third-order valence-electron chi connectivity index (χ3n) is 4.75. The van der Waals surface area contributed by atoms with Gasteiger partial charge in [0.25, 0.3) is 0 Å². The van der Waals surface area contributed by atoms with Gasteiger partial charge in [0.05, 0.1) is 0 Å². The molecular weight excluding hydrogens is 347 g/mol. The molecule has 0 saturated heterocycles. The zero-order valence-corrected chi connectivity index (χ0v) is 17.9. The van der Waals surface area contributed by atoms with Crippen molar-refractivity contribution in [1.82, 2.24) is 0 Å². The molecule has 1 atom stereocenters. The first kappa shape index (κ1) is 18.1. The third kappa shape index (κ3) is 4.26. The zero-order valence-electron chi connectivity index (χ0n) is 15.1. The molecule has 1 heteroatoms. The van der Waals surface area contributed by atoms with E-state index in [1.807, 2.05) is 0 Å². The molecule has 1 aromatic carbocycles. The van der Waals surface area contributed by atoms with Crippen LogP contribution in [0.15, 0.2) is 24.3 Å². The van der Waals surface area contributed by atoms with Crippen molar-refractivity contribution < 1.29 is 0 Å². The van der Waals surface area contributed by atoms with Crippen molar-refractivity contribution in [3.63, 3.8) is 0 Å². The van der Waals surface area contributed by atoms with E-state index in [0.29, 0.717) is 14.8 Å². The van der Waals surface area contributed by atoms with Gasteiger partial charge >= 0.3 is 131 Å². The number of benzene rings is 1. The standard InChI is InChI=1S/C16H25.3CH3.Sn/c1-12(2)14-7-9-15(10-8-14)13(3)11-16(4,5)6;;;;/h7-10,12H,11H2,1-6H3;3*1H3;. The van der Waals surface area contributed by atoms with E-state index in [9.17, 15) is 0 Å². The monoisotopic (exact) mass is 382 g/mol. The van der Waals surface area contributed by atoms with Gasteiger partial charge in [-0.15, -0.1) is 0 Å². The Morgan fingerprint density at radius 2 is 1.35 bits per heavy atom. The molecule has 0 spiro atoms. The van der Waals surface area contributed by atoms with E-state index < -0.39 is 18.4 Å². The molecule has 114 valence electrons. The number of rotatable bonds is 4. The van der Waals surface area contributed by atoms with Crippen molar-refractivity contribution in [3.05, 3.63) is 35.4 Å². The fraction of sp³-hybridized carbons (Fsp3) is 0.684. The van der Waals surface area contributed by atoms with E-state index >= 15 is 0 Å². The molecule has 1 unspecified atom stereocenters. The van der Waals surface area contributed by atoms with Crippen LogP contribution in [-0.2, 0) is 3.43 Å². The average Bonchev–Trinajstić information content (AvgIpc) is 2.25. The van der Waals surface area contributed by atoms with Gasteiger partial charge in [0.2, 0.25) is 0 Å². The van der Waals surface area contributed by atoms with Gasteiger partial charge in [-0.25, -0.2) is 0 Å². The first-order chi connectivity index (χ1) is 8.87. The van der Waals surface area contributed by atoms with Gasteiger partial charge < -0.3 is 0 Å². The minimum atomic E-state index is -2.10. The quantitative estimate of drug-likeness (QED) is 0.531. The Balaban J connectivity index is 3.25.